The van der Waals surface area contributed by atoms with E-state index in [-0.39, 0.29) is 12.5 Å². The van der Waals surface area contributed by atoms with Crippen molar-refractivity contribution in [1.82, 2.24) is 0 Å². The fourth-order valence-corrected chi connectivity index (χ4v) is 2.98. The van der Waals surface area contributed by atoms with Crippen LogP contribution in [0.25, 0.3) is 0 Å². The molecule has 5 N–H and O–H groups in total. The molecule has 2 rings (SSSR count). The molecule has 1 heterocycles. The monoisotopic (exact) mass is 346 g/mol. The molecule has 0 aromatic heterocycles. The van der Waals surface area contributed by atoms with Gasteiger partial charge in [0.05, 0.1) is 5.60 Å². The molecule has 0 unspecified atom stereocenters. The number of esters is 1. The van der Waals surface area contributed by atoms with Gasteiger partial charge in [-0.25, -0.2) is 4.79 Å². The molecule has 0 amide bonds. The number of aliphatic hydroxyl groups excluding tert-OH is 4. The van der Waals surface area contributed by atoms with Crippen LogP contribution >= 0.6 is 0 Å². The Balaban J connectivity index is 1.86. The van der Waals surface area contributed by atoms with E-state index >= 15 is 0 Å². The average molecular weight is 346 g/mol. The first-order valence-electron chi connectivity index (χ1n) is 8.07. The number of ether oxygens (including phenoxy) is 2. The van der Waals surface area contributed by atoms with Gasteiger partial charge in [-0.1, -0.05) is 6.08 Å². The van der Waals surface area contributed by atoms with E-state index in [1.54, 1.807) is 19.9 Å². The van der Waals surface area contributed by atoms with Crippen LogP contribution in [-0.2, 0) is 14.3 Å². The molecule has 138 valence electrons. The van der Waals surface area contributed by atoms with Crippen molar-refractivity contribution >= 4 is 5.97 Å². The first-order chi connectivity index (χ1) is 11.1. The normalized spacial score (nSPS) is 37.7. The lowest BCUT2D eigenvalue weighted by Crippen LogP contribution is -2.58. The molecule has 1 aliphatic heterocycles. The van der Waals surface area contributed by atoms with E-state index < -0.39 is 42.3 Å². The summed E-state index contributed by atoms with van der Waals surface area (Å²) < 4.78 is 10.0. The number of rotatable bonds is 4. The van der Waals surface area contributed by atoms with E-state index in [4.69, 9.17) is 9.47 Å². The van der Waals surface area contributed by atoms with E-state index in [9.17, 15) is 30.3 Å². The summed E-state index contributed by atoms with van der Waals surface area (Å²) in [7, 11) is 0. The molecule has 0 aromatic carbocycles. The van der Waals surface area contributed by atoms with Crippen LogP contribution in [0.1, 0.15) is 33.1 Å². The van der Waals surface area contributed by atoms with E-state index in [0.29, 0.717) is 24.8 Å². The molecular formula is C16H26O8. The van der Waals surface area contributed by atoms with E-state index in [2.05, 4.69) is 0 Å². The third-order valence-corrected chi connectivity index (χ3v) is 4.74. The quantitative estimate of drug-likeness (QED) is 0.402. The Bertz CT molecular complexity index is 483. The lowest BCUT2D eigenvalue weighted by molar-refractivity contribution is -0.287. The van der Waals surface area contributed by atoms with Gasteiger partial charge in [-0.2, -0.15) is 0 Å². The number of carbonyl (C=O) groups excluding carboxylic acids is 1. The van der Waals surface area contributed by atoms with Crippen LogP contribution in [0.2, 0.25) is 0 Å². The molecule has 1 saturated heterocycles. The second-order valence-corrected chi connectivity index (χ2v) is 6.99. The van der Waals surface area contributed by atoms with Gasteiger partial charge < -0.3 is 35.0 Å². The molecule has 0 bridgehead atoms. The summed E-state index contributed by atoms with van der Waals surface area (Å²) in [4.78, 5) is 12.1. The zero-order valence-electron chi connectivity index (χ0n) is 13.8. The molecule has 8 heteroatoms. The fourth-order valence-electron chi connectivity index (χ4n) is 2.98. The fraction of sp³-hybridized carbons (Fsp3) is 0.812. The van der Waals surface area contributed by atoms with E-state index in [0.717, 1.165) is 0 Å². The second-order valence-electron chi connectivity index (χ2n) is 6.99. The highest BCUT2D eigenvalue weighted by Crippen LogP contribution is 2.32. The third kappa shape index (κ3) is 4.33. The molecular weight excluding hydrogens is 320 g/mol. The largest absolute Gasteiger partial charge is 0.459 e. The summed E-state index contributed by atoms with van der Waals surface area (Å²) in [6.45, 7) is 3.12. The lowest BCUT2D eigenvalue weighted by atomic mass is 9.79. The second kappa shape index (κ2) is 7.47. The molecule has 6 atom stereocenters. The molecule has 1 fully saturated rings. The van der Waals surface area contributed by atoms with Crippen molar-refractivity contribution in [3.8, 4) is 0 Å². The number of aliphatic hydroxyl groups is 5. The Kier molecular flexibility index (Phi) is 6.00. The summed E-state index contributed by atoms with van der Waals surface area (Å²) in [6, 6.07) is 0. The van der Waals surface area contributed by atoms with Gasteiger partial charge in [0.1, 0.15) is 31.0 Å². The topological polar surface area (TPSA) is 137 Å². The zero-order valence-corrected chi connectivity index (χ0v) is 13.8. The predicted molar refractivity (Wildman–Crippen MR) is 81.6 cm³/mol. The summed E-state index contributed by atoms with van der Waals surface area (Å²) in [5.41, 5.74) is -0.319. The smallest absolute Gasteiger partial charge is 0.333 e. The first-order valence-corrected chi connectivity index (χ1v) is 8.07. The lowest BCUT2D eigenvalue weighted by Gasteiger charge is -2.38. The van der Waals surface area contributed by atoms with Gasteiger partial charge in [0.2, 0.25) is 0 Å². The van der Waals surface area contributed by atoms with Crippen LogP contribution in [-0.4, -0.2) is 74.4 Å². The predicted octanol–water partition coefficient (Wildman–Crippen LogP) is -1.17. The molecule has 0 aromatic rings. The van der Waals surface area contributed by atoms with Crippen LogP contribution in [0.15, 0.2) is 11.6 Å². The minimum Gasteiger partial charge on any atom is -0.459 e. The van der Waals surface area contributed by atoms with Crippen molar-refractivity contribution in [2.75, 3.05) is 6.61 Å². The van der Waals surface area contributed by atoms with Crippen molar-refractivity contribution in [2.24, 2.45) is 5.92 Å². The summed E-state index contributed by atoms with van der Waals surface area (Å²) >= 11 is 0. The van der Waals surface area contributed by atoms with Crippen molar-refractivity contribution in [3.05, 3.63) is 11.6 Å². The van der Waals surface area contributed by atoms with Crippen LogP contribution < -0.4 is 0 Å². The zero-order chi connectivity index (χ0) is 18.1. The van der Waals surface area contributed by atoms with Crippen LogP contribution in [0.3, 0.4) is 0 Å². The standard InChI is InChI=1S/C16H26O8/c1-16(2,22)9-5-3-8(4-6-9)14(20)23-7-10-11(17)12(18)13(19)15(21)24-10/h3,9-13,15,17-19,21-22H,4-7H2,1-2H3/t9-,10+,11+,12-,13+,15+/m0/s1. The van der Waals surface area contributed by atoms with Crippen molar-refractivity contribution in [3.63, 3.8) is 0 Å². The van der Waals surface area contributed by atoms with Crippen molar-refractivity contribution < 1.29 is 39.8 Å². The summed E-state index contributed by atoms with van der Waals surface area (Å²) in [5, 5.41) is 48.2. The maximum atomic E-state index is 12.1. The highest BCUT2D eigenvalue weighted by atomic mass is 16.6. The van der Waals surface area contributed by atoms with Crippen molar-refractivity contribution in [1.29, 1.82) is 0 Å². The average Bonchev–Trinajstić information content (AvgIpc) is 2.54. The molecule has 2 aliphatic rings. The van der Waals surface area contributed by atoms with Gasteiger partial charge in [0.15, 0.2) is 6.29 Å². The highest BCUT2D eigenvalue weighted by Gasteiger charge is 2.43. The van der Waals surface area contributed by atoms with Gasteiger partial charge in [-0.05, 0) is 39.0 Å². The van der Waals surface area contributed by atoms with Gasteiger partial charge in [0, 0.05) is 5.57 Å². The van der Waals surface area contributed by atoms with Crippen LogP contribution in [0.4, 0.5) is 0 Å². The molecule has 0 saturated carbocycles. The molecule has 1 aliphatic carbocycles. The van der Waals surface area contributed by atoms with E-state index in [1.165, 1.54) is 0 Å². The Morgan fingerprint density at radius 1 is 1.25 bits per heavy atom. The van der Waals surface area contributed by atoms with Gasteiger partial charge in [-0.3, -0.25) is 0 Å². The Morgan fingerprint density at radius 3 is 2.46 bits per heavy atom. The Morgan fingerprint density at radius 2 is 1.92 bits per heavy atom. The van der Waals surface area contributed by atoms with Gasteiger partial charge in [0.25, 0.3) is 0 Å². The van der Waals surface area contributed by atoms with Crippen LogP contribution in [0, 0.1) is 5.92 Å². The molecule has 0 radical (unpaired) electrons. The van der Waals surface area contributed by atoms with E-state index in [1.807, 2.05) is 0 Å². The van der Waals surface area contributed by atoms with Crippen molar-refractivity contribution in [2.45, 2.75) is 69.4 Å². The van der Waals surface area contributed by atoms with Gasteiger partial charge in [-0.15, -0.1) is 0 Å². The SMILES string of the molecule is CC(C)(O)[C@H]1CC=C(C(=O)OC[C@H]2O[C@@H](O)[C@H](O)[C@@H](O)[C@@H]2O)CC1. The number of allylic oxidation sites excluding steroid dienone is 1. The Hall–Kier alpha value is -1.03. The number of hydrogen-bond acceptors (Lipinski definition) is 8. The summed E-state index contributed by atoms with van der Waals surface area (Å²) in [6.07, 6.45) is -4.02. The first kappa shape index (κ1) is 19.3. The molecule has 8 nitrogen and oxygen atoms in total. The van der Waals surface area contributed by atoms with Crippen LogP contribution in [0.5, 0.6) is 0 Å². The number of carbonyl (C=O) groups is 1. The number of hydrogen-bond donors (Lipinski definition) is 5. The minimum atomic E-state index is -1.66. The maximum Gasteiger partial charge on any atom is 0.333 e. The summed E-state index contributed by atoms with van der Waals surface area (Å²) in [5.74, 6) is -0.487. The Labute approximate surface area is 140 Å². The molecule has 24 heavy (non-hydrogen) atoms. The molecule has 0 spiro atoms. The maximum absolute atomic E-state index is 12.1. The highest BCUT2D eigenvalue weighted by molar-refractivity contribution is 5.88. The minimum absolute atomic E-state index is 0.0735. The third-order valence-electron chi connectivity index (χ3n) is 4.74. The van der Waals surface area contributed by atoms with Gasteiger partial charge >= 0.3 is 5.97 Å².